The highest BCUT2D eigenvalue weighted by Crippen LogP contribution is 2.33. The average Bonchev–Trinajstić information content (AvgIpc) is 3.18. The van der Waals surface area contributed by atoms with E-state index in [9.17, 15) is 19.2 Å². The van der Waals surface area contributed by atoms with Gasteiger partial charge in [-0.2, -0.15) is 0 Å². The molecule has 2 fully saturated rings. The van der Waals surface area contributed by atoms with Crippen molar-refractivity contribution in [2.45, 2.75) is 45.4 Å². The molecule has 0 saturated carbocycles. The van der Waals surface area contributed by atoms with Gasteiger partial charge in [0.25, 0.3) is 5.91 Å². The third-order valence-electron chi connectivity index (χ3n) is 6.42. The molecule has 2 N–H and O–H groups in total. The second kappa shape index (κ2) is 9.94. The van der Waals surface area contributed by atoms with Crippen LogP contribution in [0.4, 0.5) is 5.69 Å². The summed E-state index contributed by atoms with van der Waals surface area (Å²) in [6.07, 6.45) is 2.07. The number of anilines is 1. The smallest absolute Gasteiger partial charge is 0.311 e. The normalized spacial score (nSPS) is 20.6. The minimum absolute atomic E-state index is 0.0753. The lowest BCUT2D eigenvalue weighted by atomic mass is 9.96. The molecule has 1 aromatic carbocycles. The Bertz CT molecular complexity index is 847. The fourth-order valence-corrected chi connectivity index (χ4v) is 4.22. The number of piperidine rings is 1. The first-order chi connectivity index (χ1) is 14.8. The number of hydrogen-bond donors (Lipinski definition) is 1. The molecular weight excluding hydrogens is 398 g/mol. The Morgan fingerprint density at radius 2 is 1.84 bits per heavy atom. The summed E-state index contributed by atoms with van der Waals surface area (Å²) >= 11 is 0. The number of likely N-dealkylation sites (tertiary alicyclic amines) is 1. The lowest BCUT2D eigenvalue weighted by Gasteiger charge is -2.30. The molecule has 3 rings (SSSR count). The molecule has 0 spiro atoms. The van der Waals surface area contributed by atoms with Gasteiger partial charge in [0.1, 0.15) is 0 Å². The molecule has 1 aromatic rings. The Balaban J connectivity index is 1.54. The monoisotopic (exact) mass is 429 g/mol. The topological polar surface area (TPSA) is 110 Å². The standard InChI is InChI=1S/C23H31N3O5/c1-3-15(2)18-6-4-5-7-19(18)26-13-17(12-20(26)27)23(30)31-14-21(28)25-10-8-16(9-11-25)22(24)29/h4-7,15-17H,3,8-14H2,1-2H3,(H2,24,29)/t15-,17+/m0/s1. The average molecular weight is 430 g/mol. The van der Waals surface area contributed by atoms with E-state index in [1.165, 1.54) is 0 Å². The van der Waals surface area contributed by atoms with Crippen LogP contribution < -0.4 is 10.6 Å². The lowest BCUT2D eigenvalue weighted by Crippen LogP contribution is -2.43. The van der Waals surface area contributed by atoms with Gasteiger partial charge in [-0.05, 0) is 36.8 Å². The highest BCUT2D eigenvalue weighted by molar-refractivity contribution is 6.00. The van der Waals surface area contributed by atoms with Gasteiger partial charge in [-0.1, -0.05) is 32.0 Å². The summed E-state index contributed by atoms with van der Waals surface area (Å²) in [5.74, 6) is -1.78. The third-order valence-corrected chi connectivity index (χ3v) is 6.42. The molecule has 168 valence electrons. The van der Waals surface area contributed by atoms with Crippen molar-refractivity contribution < 1.29 is 23.9 Å². The van der Waals surface area contributed by atoms with E-state index in [1.54, 1.807) is 9.80 Å². The fourth-order valence-electron chi connectivity index (χ4n) is 4.22. The highest BCUT2D eigenvalue weighted by Gasteiger charge is 2.37. The second-order valence-electron chi connectivity index (χ2n) is 8.44. The van der Waals surface area contributed by atoms with Gasteiger partial charge in [-0.3, -0.25) is 19.2 Å². The maximum Gasteiger partial charge on any atom is 0.311 e. The minimum Gasteiger partial charge on any atom is -0.455 e. The van der Waals surface area contributed by atoms with Gasteiger partial charge in [0.15, 0.2) is 6.61 Å². The minimum atomic E-state index is -0.592. The lowest BCUT2D eigenvalue weighted by molar-refractivity contribution is -0.155. The molecule has 8 heteroatoms. The SMILES string of the molecule is CC[C@H](C)c1ccccc1N1C[C@H](C(=O)OCC(=O)N2CCC(C(N)=O)CC2)CC1=O. The van der Waals surface area contributed by atoms with Gasteiger partial charge in [-0.25, -0.2) is 0 Å². The molecule has 0 aliphatic carbocycles. The maximum atomic E-state index is 12.6. The van der Waals surface area contributed by atoms with Gasteiger partial charge in [-0.15, -0.1) is 0 Å². The zero-order valence-electron chi connectivity index (χ0n) is 18.2. The number of amides is 3. The van der Waals surface area contributed by atoms with Gasteiger partial charge in [0.05, 0.1) is 5.92 Å². The summed E-state index contributed by atoms with van der Waals surface area (Å²) in [6, 6.07) is 7.77. The summed E-state index contributed by atoms with van der Waals surface area (Å²) < 4.78 is 5.25. The summed E-state index contributed by atoms with van der Waals surface area (Å²) in [6.45, 7) is 4.96. The second-order valence-corrected chi connectivity index (χ2v) is 8.44. The van der Waals surface area contributed by atoms with Crippen molar-refractivity contribution in [2.24, 2.45) is 17.6 Å². The van der Waals surface area contributed by atoms with Crippen LogP contribution in [-0.2, 0) is 23.9 Å². The summed E-state index contributed by atoms with van der Waals surface area (Å²) in [5, 5.41) is 0. The summed E-state index contributed by atoms with van der Waals surface area (Å²) in [4.78, 5) is 52.0. The molecule has 31 heavy (non-hydrogen) atoms. The predicted molar refractivity (Wildman–Crippen MR) is 115 cm³/mol. The van der Waals surface area contributed by atoms with E-state index in [1.807, 2.05) is 24.3 Å². The Hall–Kier alpha value is -2.90. The quantitative estimate of drug-likeness (QED) is 0.665. The van der Waals surface area contributed by atoms with Crippen LogP contribution in [0.25, 0.3) is 0 Å². The Morgan fingerprint density at radius 1 is 1.16 bits per heavy atom. The van der Waals surface area contributed by atoms with Crippen LogP contribution in [0.2, 0.25) is 0 Å². The van der Waals surface area contributed by atoms with Crippen molar-refractivity contribution in [2.75, 3.05) is 31.1 Å². The van der Waals surface area contributed by atoms with Crippen molar-refractivity contribution >= 4 is 29.4 Å². The van der Waals surface area contributed by atoms with Crippen LogP contribution in [0.1, 0.15) is 51.0 Å². The fraction of sp³-hybridized carbons (Fsp3) is 0.565. The van der Waals surface area contributed by atoms with Crippen LogP contribution in [0, 0.1) is 11.8 Å². The number of primary amides is 1. The Morgan fingerprint density at radius 3 is 2.48 bits per heavy atom. The summed E-state index contributed by atoms with van der Waals surface area (Å²) in [5.41, 5.74) is 7.24. The number of nitrogens with two attached hydrogens (primary N) is 1. The molecule has 3 amide bonds. The Kier molecular flexibility index (Phi) is 7.30. The molecule has 2 aliphatic heterocycles. The number of carbonyl (C=O) groups is 4. The molecule has 8 nitrogen and oxygen atoms in total. The summed E-state index contributed by atoms with van der Waals surface area (Å²) in [7, 11) is 0. The highest BCUT2D eigenvalue weighted by atomic mass is 16.5. The number of rotatable bonds is 7. The first kappa shape index (κ1) is 22.8. The van der Waals surface area contributed by atoms with Crippen LogP contribution in [0.3, 0.4) is 0 Å². The molecule has 0 radical (unpaired) electrons. The molecule has 0 unspecified atom stereocenters. The van der Waals surface area contributed by atoms with E-state index in [-0.39, 0.29) is 43.2 Å². The van der Waals surface area contributed by atoms with E-state index in [2.05, 4.69) is 13.8 Å². The third kappa shape index (κ3) is 5.24. The van der Waals surface area contributed by atoms with Crippen LogP contribution in [0.5, 0.6) is 0 Å². The Labute approximate surface area is 182 Å². The van der Waals surface area contributed by atoms with Gasteiger partial charge >= 0.3 is 5.97 Å². The van der Waals surface area contributed by atoms with Crippen LogP contribution >= 0.6 is 0 Å². The van der Waals surface area contributed by atoms with Gasteiger partial charge < -0.3 is 20.3 Å². The molecule has 0 aromatic heterocycles. The zero-order valence-corrected chi connectivity index (χ0v) is 18.2. The zero-order chi connectivity index (χ0) is 22.5. The van der Waals surface area contributed by atoms with Crippen LogP contribution in [0.15, 0.2) is 24.3 Å². The largest absolute Gasteiger partial charge is 0.455 e. The molecule has 2 saturated heterocycles. The van der Waals surface area contributed by atoms with Crippen molar-refractivity contribution in [3.8, 4) is 0 Å². The van der Waals surface area contributed by atoms with E-state index in [0.29, 0.717) is 31.8 Å². The first-order valence-electron chi connectivity index (χ1n) is 10.9. The van der Waals surface area contributed by atoms with E-state index < -0.39 is 11.9 Å². The van der Waals surface area contributed by atoms with Crippen molar-refractivity contribution in [3.05, 3.63) is 29.8 Å². The maximum absolute atomic E-state index is 12.6. The van der Waals surface area contributed by atoms with Crippen LogP contribution in [-0.4, -0.2) is 54.8 Å². The van der Waals surface area contributed by atoms with Crippen molar-refractivity contribution in [3.63, 3.8) is 0 Å². The van der Waals surface area contributed by atoms with Crippen molar-refractivity contribution in [1.29, 1.82) is 0 Å². The molecule has 2 atom stereocenters. The van der Waals surface area contributed by atoms with Crippen molar-refractivity contribution in [1.82, 2.24) is 4.90 Å². The van der Waals surface area contributed by atoms with Gasteiger partial charge in [0, 0.05) is 37.7 Å². The number of esters is 1. The number of nitrogens with zero attached hydrogens (tertiary/aromatic N) is 2. The predicted octanol–water partition coefficient (Wildman–Crippen LogP) is 1.82. The molecule has 2 heterocycles. The number of hydrogen-bond acceptors (Lipinski definition) is 5. The van der Waals surface area contributed by atoms with E-state index >= 15 is 0 Å². The molecule has 2 aliphatic rings. The number of benzene rings is 1. The van der Waals surface area contributed by atoms with E-state index in [0.717, 1.165) is 17.7 Å². The van der Waals surface area contributed by atoms with Gasteiger partial charge in [0.2, 0.25) is 11.8 Å². The van der Waals surface area contributed by atoms with E-state index in [4.69, 9.17) is 10.5 Å². The molecule has 0 bridgehead atoms. The number of ether oxygens (including phenoxy) is 1. The first-order valence-corrected chi connectivity index (χ1v) is 10.9. The number of carbonyl (C=O) groups excluding carboxylic acids is 4. The number of para-hydroxylation sites is 1. The molecular formula is C23H31N3O5.